The maximum absolute atomic E-state index is 13.6. The van der Waals surface area contributed by atoms with Gasteiger partial charge in [-0.3, -0.25) is 4.79 Å². The van der Waals surface area contributed by atoms with E-state index in [2.05, 4.69) is 56.4 Å². The van der Waals surface area contributed by atoms with Crippen molar-refractivity contribution < 1.29 is 14.6 Å². The van der Waals surface area contributed by atoms with E-state index in [1.807, 2.05) is 36.4 Å². The molecule has 1 aliphatic heterocycles. The lowest BCUT2D eigenvalue weighted by molar-refractivity contribution is -0.116. The third-order valence-electron chi connectivity index (χ3n) is 8.77. The van der Waals surface area contributed by atoms with E-state index in [-0.39, 0.29) is 23.3 Å². The molecule has 40 heavy (non-hydrogen) atoms. The number of para-hydroxylation sites is 2. The molecule has 0 aromatic heterocycles. The van der Waals surface area contributed by atoms with Crippen molar-refractivity contribution in [1.82, 2.24) is 0 Å². The van der Waals surface area contributed by atoms with Gasteiger partial charge < -0.3 is 15.2 Å². The van der Waals surface area contributed by atoms with Crippen molar-refractivity contribution in [3.63, 3.8) is 0 Å². The van der Waals surface area contributed by atoms with Gasteiger partial charge in [0.05, 0.1) is 6.10 Å². The number of carbonyl (C=O) groups is 1. The second kappa shape index (κ2) is 12.6. The van der Waals surface area contributed by atoms with Crippen molar-refractivity contribution in [2.24, 2.45) is 5.92 Å². The van der Waals surface area contributed by atoms with Crippen LogP contribution in [0.2, 0.25) is 0 Å². The molecule has 5 rings (SSSR count). The van der Waals surface area contributed by atoms with Gasteiger partial charge in [0.1, 0.15) is 11.5 Å². The molecule has 1 heterocycles. The molecule has 1 aliphatic carbocycles. The molecule has 212 valence electrons. The van der Waals surface area contributed by atoms with Gasteiger partial charge in [-0.2, -0.15) is 0 Å². The molecule has 2 aliphatic rings. The average molecular weight is 540 g/mol. The monoisotopic (exact) mass is 539 g/mol. The minimum atomic E-state index is -0.154. The van der Waals surface area contributed by atoms with E-state index in [1.54, 1.807) is 0 Å². The van der Waals surface area contributed by atoms with E-state index in [1.165, 1.54) is 37.7 Å². The van der Waals surface area contributed by atoms with E-state index in [4.69, 9.17) is 4.74 Å². The highest BCUT2D eigenvalue weighted by molar-refractivity contribution is 5.93. The van der Waals surface area contributed by atoms with Crippen LogP contribution in [-0.4, -0.2) is 17.1 Å². The lowest BCUT2D eigenvalue weighted by Crippen LogP contribution is -2.22. The summed E-state index contributed by atoms with van der Waals surface area (Å²) in [4.78, 5) is 13.6. The van der Waals surface area contributed by atoms with Crippen LogP contribution in [0, 0.1) is 5.92 Å². The van der Waals surface area contributed by atoms with Gasteiger partial charge in [0, 0.05) is 29.2 Å². The fourth-order valence-corrected chi connectivity index (χ4v) is 6.56. The molecule has 2 N–H and O–H groups in total. The zero-order chi connectivity index (χ0) is 28.1. The van der Waals surface area contributed by atoms with Crippen LogP contribution in [-0.2, 0) is 16.6 Å². The topological polar surface area (TPSA) is 58.6 Å². The minimum absolute atomic E-state index is 0.00904. The zero-order valence-corrected chi connectivity index (χ0v) is 24.4. The first-order chi connectivity index (χ1) is 19.3. The second-order valence-corrected chi connectivity index (χ2v) is 12.8. The molecule has 4 nitrogen and oxygen atoms in total. The largest absolute Gasteiger partial charge is 0.457 e. The van der Waals surface area contributed by atoms with E-state index >= 15 is 0 Å². The van der Waals surface area contributed by atoms with Crippen LogP contribution in [0.4, 0.5) is 5.69 Å². The van der Waals surface area contributed by atoms with E-state index in [0.717, 1.165) is 59.6 Å². The van der Waals surface area contributed by atoms with Crippen molar-refractivity contribution in [3.8, 4) is 11.5 Å². The van der Waals surface area contributed by atoms with E-state index in [0.29, 0.717) is 12.3 Å². The molecular formula is C36H45NO3. The van der Waals surface area contributed by atoms with Gasteiger partial charge in [-0.05, 0) is 72.8 Å². The number of aryl methyl sites for hydroxylation is 1. The minimum Gasteiger partial charge on any atom is -0.457 e. The highest BCUT2D eigenvalue weighted by Gasteiger charge is 2.29. The summed E-state index contributed by atoms with van der Waals surface area (Å²) in [5, 5.41) is 13.9. The Morgan fingerprint density at radius 2 is 1.57 bits per heavy atom. The Hall–Kier alpha value is -3.11. The third-order valence-corrected chi connectivity index (χ3v) is 8.77. The normalized spacial score (nSPS) is 16.5. The Morgan fingerprint density at radius 1 is 0.925 bits per heavy atom. The first-order valence-corrected chi connectivity index (χ1v) is 15.3. The van der Waals surface area contributed by atoms with Crippen LogP contribution >= 0.6 is 0 Å². The first-order valence-electron chi connectivity index (χ1n) is 15.3. The second-order valence-electron chi connectivity index (χ2n) is 12.8. The van der Waals surface area contributed by atoms with Crippen LogP contribution in [0.3, 0.4) is 0 Å². The number of ether oxygens (including phenoxy) is 1. The van der Waals surface area contributed by atoms with Gasteiger partial charge >= 0.3 is 0 Å². The molecule has 1 saturated carbocycles. The average Bonchev–Trinajstić information content (AvgIpc) is 2.95. The summed E-state index contributed by atoms with van der Waals surface area (Å²) in [6.45, 7) is 6.57. The number of aliphatic hydroxyl groups excluding tert-OH is 1. The number of nitrogens with one attached hydrogen (secondary N) is 1. The standard InChI is InChI=1S/C36H45NO3/c1-36(2,3)30-22-21-25(13-7-10-18-32(38)26-14-5-4-6-15-26)23-31(30)37-35(39)24-29-27-16-8-11-19-33(27)40-34-20-12-9-17-28(29)34/h8-9,11-12,16-17,19-23,26,29,32,38H,4-7,10,13-15,18,24H2,1-3H3,(H,37,39). The van der Waals surface area contributed by atoms with Gasteiger partial charge in [-0.25, -0.2) is 0 Å². The number of carbonyl (C=O) groups excluding carboxylic acids is 1. The molecule has 0 spiro atoms. The van der Waals surface area contributed by atoms with Crippen LogP contribution < -0.4 is 10.1 Å². The number of rotatable bonds is 9. The van der Waals surface area contributed by atoms with Crippen molar-refractivity contribution in [1.29, 1.82) is 0 Å². The molecule has 3 aromatic rings. The Labute approximate surface area is 240 Å². The summed E-state index contributed by atoms with van der Waals surface area (Å²) >= 11 is 0. The van der Waals surface area contributed by atoms with Crippen LogP contribution in [0.5, 0.6) is 11.5 Å². The predicted molar refractivity (Wildman–Crippen MR) is 163 cm³/mol. The molecule has 3 aromatic carbocycles. The predicted octanol–water partition coefficient (Wildman–Crippen LogP) is 8.90. The Kier molecular flexibility index (Phi) is 8.95. The molecule has 1 atom stereocenters. The molecule has 1 amide bonds. The Balaban J connectivity index is 1.26. The number of fused-ring (bicyclic) bond motifs is 2. The molecule has 0 saturated heterocycles. The van der Waals surface area contributed by atoms with Gasteiger partial charge in [0.15, 0.2) is 0 Å². The summed E-state index contributed by atoms with van der Waals surface area (Å²) in [5.41, 5.74) is 5.30. The van der Waals surface area contributed by atoms with E-state index in [9.17, 15) is 9.90 Å². The number of hydrogen-bond acceptors (Lipinski definition) is 3. The van der Waals surface area contributed by atoms with Crippen LogP contribution in [0.25, 0.3) is 0 Å². The molecular weight excluding hydrogens is 494 g/mol. The van der Waals surface area contributed by atoms with E-state index < -0.39 is 0 Å². The quantitative estimate of drug-likeness (QED) is 0.267. The number of aliphatic hydroxyl groups is 1. The summed E-state index contributed by atoms with van der Waals surface area (Å²) in [6.07, 6.45) is 10.3. The van der Waals surface area contributed by atoms with Crippen LogP contribution in [0.1, 0.15) is 107 Å². The molecule has 0 bridgehead atoms. The van der Waals surface area contributed by atoms with Gasteiger partial charge in [-0.1, -0.05) is 95.0 Å². The SMILES string of the molecule is CC(C)(C)c1ccc(CCCCC(O)C2CCCCC2)cc1NC(=O)CC1c2ccccc2Oc2ccccc21. The molecule has 4 heteroatoms. The smallest absolute Gasteiger partial charge is 0.225 e. The number of amides is 1. The lowest BCUT2D eigenvalue weighted by atomic mass is 9.83. The maximum atomic E-state index is 13.6. The summed E-state index contributed by atoms with van der Waals surface area (Å²) in [6, 6.07) is 22.6. The lowest BCUT2D eigenvalue weighted by Gasteiger charge is -2.28. The number of benzene rings is 3. The van der Waals surface area contributed by atoms with Crippen molar-refractivity contribution >= 4 is 11.6 Å². The number of hydrogen-bond donors (Lipinski definition) is 2. The Morgan fingerprint density at radius 3 is 2.23 bits per heavy atom. The maximum Gasteiger partial charge on any atom is 0.225 e. The fourth-order valence-electron chi connectivity index (χ4n) is 6.56. The van der Waals surface area contributed by atoms with Crippen molar-refractivity contribution in [2.75, 3.05) is 5.32 Å². The molecule has 1 unspecified atom stereocenters. The molecule has 1 fully saturated rings. The van der Waals surface area contributed by atoms with Gasteiger partial charge in [0.2, 0.25) is 5.91 Å². The number of anilines is 1. The van der Waals surface area contributed by atoms with Gasteiger partial charge in [0.25, 0.3) is 0 Å². The highest BCUT2D eigenvalue weighted by Crippen LogP contribution is 2.45. The van der Waals surface area contributed by atoms with Crippen molar-refractivity contribution in [3.05, 3.63) is 89.0 Å². The number of unbranched alkanes of at least 4 members (excludes halogenated alkanes) is 1. The van der Waals surface area contributed by atoms with Gasteiger partial charge in [-0.15, -0.1) is 0 Å². The highest BCUT2D eigenvalue weighted by atomic mass is 16.5. The molecule has 0 radical (unpaired) electrons. The Bertz CT molecular complexity index is 1260. The first kappa shape index (κ1) is 28.4. The summed E-state index contributed by atoms with van der Waals surface area (Å²) in [5.74, 6) is 2.10. The third kappa shape index (κ3) is 6.78. The van der Waals surface area contributed by atoms with Crippen LogP contribution in [0.15, 0.2) is 66.7 Å². The van der Waals surface area contributed by atoms with Crippen molar-refractivity contribution in [2.45, 2.75) is 102 Å². The fraction of sp³-hybridized carbons (Fsp3) is 0.472. The summed E-state index contributed by atoms with van der Waals surface area (Å²) in [7, 11) is 0. The summed E-state index contributed by atoms with van der Waals surface area (Å²) < 4.78 is 6.14. The zero-order valence-electron chi connectivity index (χ0n) is 24.4.